The summed E-state index contributed by atoms with van der Waals surface area (Å²) >= 11 is 0. The lowest BCUT2D eigenvalue weighted by Crippen LogP contribution is -2.52. The lowest BCUT2D eigenvalue weighted by molar-refractivity contribution is -0.143. The van der Waals surface area contributed by atoms with Gasteiger partial charge in [-0.25, -0.2) is 9.59 Å². The van der Waals surface area contributed by atoms with Gasteiger partial charge in [0, 0.05) is 20.1 Å². The molecule has 2 amide bonds. The molecule has 18 heavy (non-hydrogen) atoms. The molecule has 1 saturated heterocycles. The van der Waals surface area contributed by atoms with E-state index in [0.29, 0.717) is 19.5 Å². The third-order valence-electron chi connectivity index (χ3n) is 3.28. The number of hydrogen-bond donors (Lipinski definition) is 2. The smallest absolute Gasteiger partial charge is 0.326 e. The van der Waals surface area contributed by atoms with Crippen LogP contribution in [0.2, 0.25) is 0 Å². The highest BCUT2D eigenvalue weighted by Gasteiger charge is 2.33. The number of rotatable bonds is 5. The predicted molar refractivity (Wildman–Crippen MR) is 68.6 cm³/mol. The van der Waals surface area contributed by atoms with Crippen molar-refractivity contribution in [3.8, 4) is 0 Å². The molecule has 0 radical (unpaired) electrons. The number of carbonyl (C=O) groups excluding carboxylic acids is 1. The second kappa shape index (κ2) is 7.20. The molecule has 1 heterocycles. The maximum atomic E-state index is 12.2. The molecule has 1 rings (SSSR count). The van der Waals surface area contributed by atoms with Crippen molar-refractivity contribution in [1.82, 2.24) is 15.1 Å². The van der Waals surface area contributed by atoms with Crippen LogP contribution in [0.5, 0.6) is 0 Å². The molecule has 0 spiro atoms. The summed E-state index contributed by atoms with van der Waals surface area (Å²) < 4.78 is 0. The lowest BCUT2D eigenvalue weighted by Gasteiger charge is -2.35. The molecule has 0 bridgehead atoms. The van der Waals surface area contributed by atoms with Gasteiger partial charge in [0.25, 0.3) is 0 Å². The number of piperidine rings is 1. The van der Waals surface area contributed by atoms with E-state index in [0.717, 1.165) is 25.8 Å². The van der Waals surface area contributed by atoms with Gasteiger partial charge in [-0.15, -0.1) is 0 Å². The summed E-state index contributed by atoms with van der Waals surface area (Å²) in [5.41, 5.74) is 0. The summed E-state index contributed by atoms with van der Waals surface area (Å²) in [6.45, 7) is 2.04. The molecule has 1 unspecified atom stereocenters. The van der Waals surface area contributed by atoms with Gasteiger partial charge in [0.15, 0.2) is 0 Å². The van der Waals surface area contributed by atoms with Crippen molar-refractivity contribution in [1.29, 1.82) is 0 Å². The monoisotopic (exact) mass is 257 g/mol. The lowest BCUT2D eigenvalue weighted by atomic mass is 10.0. The maximum absolute atomic E-state index is 12.2. The quantitative estimate of drug-likeness (QED) is 0.707. The number of aliphatic carboxylic acids is 1. The van der Waals surface area contributed by atoms with Crippen molar-refractivity contribution in [2.24, 2.45) is 0 Å². The Kier molecular flexibility index (Phi) is 5.91. The SMILES string of the molecule is CNCCCN(C)C(=O)N1CCCCC1C(=O)O. The van der Waals surface area contributed by atoms with Gasteiger partial charge in [0.2, 0.25) is 0 Å². The number of carbonyl (C=O) groups is 2. The van der Waals surface area contributed by atoms with Gasteiger partial charge in [0.05, 0.1) is 0 Å². The molecule has 0 aliphatic carbocycles. The first-order valence-electron chi connectivity index (χ1n) is 6.47. The summed E-state index contributed by atoms with van der Waals surface area (Å²) in [7, 11) is 3.60. The number of nitrogens with zero attached hydrogens (tertiary/aromatic N) is 2. The van der Waals surface area contributed by atoms with Crippen LogP contribution in [0.1, 0.15) is 25.7 Å². The van der Waals surface area contributed by atoms with E-state index in [1.54, 1.807) is 11.9 Å². The number of likely N-dealkylation sites (tertiary alicyclic amines) is 1. The fraction of sp³-hybridized carbons (Fsp3) is 0.833. The maximum Gasteiger partial charge on any atom is 0.326 e. The molecule has 0 aromatic rings. The zero-order valence-electron chi connectivity index (χ0n) is 11.2. The van der Waals surface area contributed by atoms with Crippen LogP contribution in [0.4, 0.5) is 4.79 Å². The summed E-state index contributed by atoms with van der Waals surface area (Å²) in [5, 5.41) is 12.2. The first kappa shape index (κ1) is 14.8. The van der Waals surface area contributed by atoms with Crippen molar-refractivity contribution in [2.75, 3.05) is 33.7 Å². The van der Waals surface area contributed by atoms with Crippen molar-refractivity contribution >= 4 is 12.0 Å². The van der Waals surface area contributed by atoms with E-state index in [-0.39, 0.29) is 6.03 Å². The van der Waals surface area contributed by atoms with Crippen LogP contribution in [0.25, 0.3) is 0 Å². The Morgan fingerprint density at radius 1 is 1.44 bits per heavy atom. The average molecular weight is 257 g/mol. The average Bonchev–Trinajstić information content (AvgIpc) is 2.38. The van der Waals surface area contributed by atoms with E-state index < -0.39 is 12.0 Å². The van der Waals surface area contributed by atoms with Crippen molar-refractivity contribution in [2.45, 2.75) is 31.7 Å². The number of carboxylic acid groups (broad SMARTS) is 1. The molecular weight excluding hydrogens is 234 g/mol. The fourth-order valence-corrected chi connectivity index (χ4v) is 2.23. The van der Waals surface area contributed by atoms with E-state index >= 15 is 0 Å². The first-order chi connectivity index (χ1) is 8.57. The Bertz CT molecular complexity index is 296. The largest absolute Gasteiger partial charge is 0.480 e. The van der Waals surface area contributed by atoms with Crippen LogP contribution in [0.15, 0.2) is 0 Å². The Balaban J connectivity index is 2.54. The van der Waals surface area contributed by atoms with Gasteiger partial charge in [-0.1, -0.05) is 0 Å². The summed E-state index contributed by atoms with van der Waals surface area (Å²) in [5.74, 6) is -0.897. The van der Waals surface area contributed by atoms with Crippen LogP contribution in [0.3, 0.4) is 0 Å². The summed E-state index contributed by atoms with van der Waals surface area (Å²) in [6.07, 6.45) is 3.19. The number of carboxylic acids is 1. The zero-order chi connectivity index (χ0) is 13.5. The molecule has 104 valence electrons. The highest BCUT2D eigenvalue weighted by molar-refractivity contribution is 5.82. The molecule has 1 aliphatic rings. The van der Waals surface area contributed by atoms with E-state index in [1.807, 2.05) is 7.05 Å². The zero-order valence-corrected chi connectivity index (χ0v) is 11.2. The molecule has 1 fully saturated rings. The van der Waals surface area contributed by atoms with Crippen molar-refractivity contribution in [3.05, 3.63) is 0 Å². The van der Waals surface area contributed by atoms with E-state index in [2.05, 4.69) is 5.32 Å². The molecule has 1 aliphatic heterocycles. The van der Waals surface area contributed by atoms with Gasteiger partial charge in [-0.3, -0.25) is 0 Å². The van der Waals surface area contributed by atoms with Crippen molar-refractivity contribution < 1.29 is 14.7 Å². The summed E-state index contributed by atoms with van der Waals surface area (Å²) in [4.78, 5) is 26.4. The first-order valence-corrected chi connectivity index (χ1v) is 6.47. The third-order valence-corrected chi connectivity index (χ3v) is 3.28. The third kappa shape index (κ3) is 3.87. The van der Waals surface area contributed by atoms with E-state index in [9.17, 15) is 9.59 Å². The molecular formula is C12H23N3O3. The standard InChI is InChI=1S/C12H23N3O3/c1-13-7-5-8-14(2)12(18)15-9-4-3-6-10(15)11(16)17/h10,13H,3-9H2,1-2H3,(H,16,17). The number of hydrogen-bond acceptors (Lipinski definition) is 3. The Morgan fingerprint density at radius 3 is 2.78 bits per heavy atom. The number of nitrogens with one attached hydrogen (secondary N) is 1. The topological polar surface area (TPSA) is 72.9 Å². The Labute approximate surface area is 108 Å². The molecule has 6 heteroatoms. The fourth-order valence-electron chi connectivity index (χ4n) is 2.23. The van der Waals surface area contributed by atoms with E-state index in [1.165, 1.54) is 4.90 Å². The Hall–Kier alpha value is -1.30. The number of urea groups is 1. The van der Waals surface area contributed by atoms with Gasteiger partial charge in [-0.05, 0) is 39.3 Å². The van der Waals surface area contributed by atoms with Crippen LogP contribution < -0.4 is 5.32 Å². The highest BCUT2D eigenvalue weighted by Crippen LogP contribution is 2.18. The van der Waals surface area contributed by atoms with Gasteiger partial charge in [0.1, 0.15) is 6.04 Å². The van der Waals surface area contributed by atoms with Gasteiger partial charge in [-0.2, -0.15) is 0 Å². The summed E-state index contributed by atoms with van der Waals surface area (Å²) in [6, 6.07) is -0.823. The predicted octanol–water partition coefficient (Wildman–Crippen LogP) is 0.587. The normalized spacial score (nSPS) is 19.7. The van der Waals surface area contributed by atoms with Gasteiger partial charge < -0.3 is 20.2 Å². The minimum absolute atomic E-state index is 0.168. The van der Waals surface area contributed by atoms with Crippen LogP contribution in [-0.2, 0) is 4.79 Å². The minimum atomic E-state index is -0.897. The minimum Gasteiger partial charge on any atom is -0.480 e. The molecule has 0 aromatic heterocycles. The van der Waals surface area contributed by atoms with Crippen LogP contribution >= 0.6 is 0 Å². The second-order valence-corrected chi connectivity index (χ2v) is 4.70. The van der Waals surface area contributed by atoms with Crippen LogP contribution in [-0.4, -0.2) is 66.7 Å². The van der Waals surface area contributed by atoms with Crippen molar-refractivity contribution in [3.63, 3.8) is 0 Å². The molecule has 6 nitrogen and oxygen atoms in total. The molecule has 1 atom stereocenters. The molecule has 2 N–H and O–H groups in total. The highest BCUT2D eigenvalue weighted by atomic mass is 16.4. The molecule has 0 aromatic carbocycles. The second-order valence-electron chi connectivity index (χ2n) is 4.70. The van der Waals surface area contributed by atoms with Crippen LogP contribution in [0, 0.1) is 0 Å². The van der Waals surface area contributed by atoms with Gasteiger partial charge >= 0.3 is 12.0 Å². The molecule has 0 saturated carbocycles. The van der Waals surface area contributed by atoms with E-state index in [4.69, 9.17) is 5.11 Å². The Morgan fingerprint density at radius 2 is 2.17 bits per heavy atom. The number of amides is 2.